The molecular weight excluding hydrogens is 298 g/mol. The summed E-state index contributed by atoms with van der Waals surface area (Å²) < 4.78 is 6.25. The highest BCUT2D eigenvalue weighted by Gasteiger charge is 2.12. The molecule has 1 rings (SSSR count). The summed E-state index contributed by atoms with van der Waals surface area (Å²) in [6.07, 6.45) is 1.33. The topological polar surface area (TPSA) is 79.9 Å². The molecule has 0 bridgehead atoms. The van der Waals surface area contributed by atoms with Crippen molar-refractivity contribution < 1.29 is 9.94 Å². The number of hydrogen-bond donors (Lipinski definition) is 3. The average molecular weight is 316 g/mol. The van der Waals surface area contributed by atoms with Crippen LogP contribution in [0.25, 0.3) is 0 Å². The van der Waals surface area contributed by atoms with Gasteiger partial charge in [-0.2, -0.15) is 0 Å². The summed E-state index contributed by atoms with van der Waals surface area (Å²) in [7, 11) is 1.62. The Balaban J connectivity index is 2.83. The van der Waals surface area contributed by atoms with Crippen LogP contribution in [-0.2, 0) is 0 Å². The summed E-state index contributed by atoms with van der Waals surface area (Å²) in [4.78, 5) is 0. The van der Waals surface area contributed by atoms with Crippen molar-refractivity contribution in [3.8, 4) is 5.75 Å². The van der Waals surface area contributed by atoms with Crippen molar-refractivity contribution in [3.63, 3.8) is 0 Å². The Kier molecular flexibility index (Phi) is 5.77. The molecule has 4 N–H and O–H groups in total. The molecule has 0 aliphatic rings. The molecule has 0 heterocycles. The van der Waals surface area contributed by atoms with Gasteiger partial charge in [0.15, 0.2) is 0 Å². The molecule has 0 aromatic heterocycles. The third-order valence-corrected chi connectivity index (χ3v) is 3.09. The van der Waals surface area contributed by atoms with Gasteiger partial charge in [0.05, 0.1) is 12.8 Å². The normalized spacial score (nSPS) is 13.2. The maximum Gasteiger partial charge on any atom is 0.142 e. The number of oxime groups is 1. The largest absolute Gasteiger partial charge is 0.495 e. The van der Waals surface area contributed by atoms with E-state index in [0.717, 1.165) is 22.3 Å². The van der Waals surface area contributed by atoms with E-state index in [4.69, 9.17) is 15.7 Å². The number of hydrogen-bond acceptors (Lipinski definition) is 4. The van der Waals surface area contributed by atoms with E-state index in [9.17, 15) is 0 Å². The van der Waals surface area contributed by atoms with Crippen LogP contribution < -0.4 is 15.8 Å². The lowest BCUT2D eigenvalue weighted by atomic mass is 10.1. The smallest absolute Gasteiger partial charge is 0.142 e. The summed E-state index contributed by atoms with van der Waals surface area (Å²) >= 11 is 3.42. The molecule has 100 valence electrons. The Bertz CT molecular complexity index is 424. The van der Waals surface area contributed by atoms with Crippen LogP contribution in [0.1, 0.15) is 19.8 Å². The zero-order valence-corrected chi connectivity index (χ0v) is 12.1. The fourth-order valence-electron chi connectivity index (χ4n) is 1.60. The van der Waals surface area contributed by atoms with Crippen LogP contribution in [0.3, 0.4) is 0 Å². The highest BCUT2D eigenvalue weighted by molar-refractivity contribution is 9.10. The highest BCUT2D eigenvalue weighted by atomic mass is 79.9. The highest BCUT2D eigenvalue weighted by Crippen LogP contribution is 2.29. The van der Waals surface area contributed by atoms with Crippen molar-refractivity contribution in [2.24, 2.45) is 10.9 Å². The number of ether oxygens (including phenoxy) is 1. The molecule has 1 unspecified atom stereocenters. The van der Waals surface area contributed by atoms with Gasteiger partial charge >= 0.3 is 0 Å². The maximum absolute atomic E-state index is 8.59. The maximum atomic E-state index is 8.59. The second kappa shape index (κ2) is 7.10. The van der Waals surface area contributed by atoms with Gasteiger partial charge < -0.3 is 21.0 Å². The Morgan fingerprint density at radius 2 is 2.33 bits per heavy atom. The minimum absolute atomic E-state index is 0.0871. The molecule has 1 atom stereocenters. The molecule has 0 saturated heterocycles. The quantitative estimate of drug-likeness (QED) is 0.326. The molecule has 5 nitrogen and oxygen atoms in total. The van der Waals surface area contributed by atoms with Crippen molar-refractivity contribution in [2.45, 2.75) is 25.8 Å². The summed E-state index contributed by atoms with van der Waals surface area (Å²) in [5.41, 5.74) is 6.40. The molecule has 0 radical (unpaired) electrons. The van der Waals surface area contributed by atoms with Gasteiger partial charge in [-0.1, -0.05) is 28.0 Å². The molecule has 6 heteroatoms. The number of amidine groups is 1. The minimum atomic E-state index is 0.0871. The lowest BCUT2D eigenvalue weighted by molar-refractivity contribution is 0.316. The zero-order chi connectivity index (χ0) is 13.5. The fraction of sp³-hybridized carbons (Fsp3) is 0.417. The minimum Gasteiger partial charge on any atom is -0.495 e. The van der Waals surface area contributed by atoms with E-state index in [1.807, 2.05) is 25.1 Å². The summed E-state index contributed by atoms with van der Waals surface area (Å²) in [6.45, 7) is 2.03. The van der Waals surface area contributed by atoms with Crippen LogP contribution in [0.2, 0.25) is 0 Å². The molecular formula is C12H18BrN3O2. The SMILES string of the molecule is CCC(CC(N)=NO)Nc1cc(Br)ccc1OC. The summed E-state index contributed by atoms with van der Waals surface area (Å²) in [6, 6.07) is 5.81. The van der Waals surface area contributed by atoms with Gasteiger partial charge in [0.1, 0.15) is 11.6 Å². The first-order chi connectivity index (χ1) is 8.60. The molecule has 0 saturated carbocycles. The molecule has 0 aliphatic carbocycles. The Labute approximate surface area is 115 Å². The number of halogens is 1. The number of nitrogens with zero attached hydrogens (tertiary/aromatic N) is 1. The van der Waals surface area contributed by atoms with Gasteiger partial charge in [-0.05, 0) is 24.6 Å². The van der Waals surface area contributed by atoms with Crippen molar-refractivity contribution in [2.75, 3.05) is 12.4 Å². The van der Waals surface area contributed by atoms with Crippen LogP contribution in [0.5, 0.6) is 5.75 Å². The number of benzene rings is 1. The zero-order valence-electron chi connectivity index (χ0n) is 10.5. The first-order valence-corrected chi connectivity index (χ1v) is 6.46. The van der Waals surface area contributed by atoms with Crippen molar-refractivity contribution in [3.05, 3.63) is 22.7 Å². The van der Waals surface area contributed by atoms with E-state index in [1.165, 1.54) is 0 Å². The van der Waals surface area contributed by atoms with Crippen LogP contribution >= 0.6 is 15.9 Å². The van der Waals surface area contributed by atoms with Gasteiger partial charge in [0, 0.05) is 16.9 Å². The van der Waals surface area contributed by atoms with Gasteiger partial charge in [0.25, 0.3) is 0 Å². The average Bonchev–Trinajstić information content (AvgIpc) is 2.38. The summed E-state index contributed by atoms with van der Waals surface area (Å²) in [5, 5.41) is 14.9. The third kappa shape index (κ3) is 4.10. The predicted molar refractivity (Wildman–Crippen MR) is 76.4 cm³/mol. The van der Waals surface area contributed by atoms with E-state index in [2.05, 4.69) is 26.4 Å². The van der Waals surface area contributed by atoms with Crippen molar-refractivity contribution in [1.82, 2.24) is 0 Å². The molecule has 0 fully saturated rings. The van der Waals surface area contributed by atoms with Crippen LogP contribution in [0.15, 0.2) is 27.8 Å². The second-order valence-corrected chi connectivity index (χ2v) is 4.81. The number of methoxy groups -OCH3 is 1. The Hall–Kier alpha value is -1.43. The molecule has 18 heavy (non-hydrogen) atoms. The lowest BCUT2D eigenvalue weighted by Crippen LogP contribution is -2.26. The van der Waals surface area contributed by atoms with Crippen LogP contribution in [0, 0.1) is 0 Å². The molecule has 0 amide bonds. The van der Waals surface area contributed by atoms with E-state index < -0.39 is 0 Å². The Morgan fingerprint density at radius 1 is 1.61 bits per heavy atom. The molecule has 1 aromatic carbocycles. The molecule has 0 aliphatic heterocycles. The van der Waals surface area contributed by atoms with E-state index in [0.29, 0.717) is 6.42 Å². The lowest BCUT2D eigenvalue weighted by Gasteiger charge is -2.19. The number of nitrogens with two attached hydrogens (primary N) is 1. The number of nitrogens with one attached hydrogen (secondary N) is 1. The molecule has 0 spiro atoms. The first-order valence-electron chi connectivity index (χ1n) is 5.67. The van der Waals surface area contributed by atoms with E-state index in [1.54, 1.807) is 7.11 Å². The molecule has 1 aromatic rings. The second-order valence-electron chi connectivity index (χ2n) is 3.89. The van der Waals surface area contributed by atoms with E-state index in [-0.39, 0.29) is 11.9 Å². The van der Waals surface area contributed by atoms with Crippen LogP contribution in [0.4, 0.5) is 5.69 Å². The standard InChI is InChI=1S/C12H18BrN3O2/c1-3-9(7-12(14)16-17)15-10-6-8(13)4-5-11(10)18-2/h4-6,9,15,17H,3,7H2,1-2H3,(H2,14,16). The Morgan fingerprint density at radius 3 is 2.89 bits per heavy atom. The monoisotopic (exact) mass is 315 g/mol. The predicted octanol–water partition coefficient (Wildman–Crippen LogP) is 2.78. The number of anilines is 1. The van der Waals surface area contributed by atoms with Gasteiger partial charge in [-0.15, -0.1) is 0 Å². The first kappa shape index (κ1) is 14.6. The van der Waals surface area contributed by atoms with Crippen LogP contribution in [-0.4, -0.2) is 24.2 Å². The van der Waals surface area contributed by atoms with Crippen molar-refractivity contribution >= 4 is 27.5 Å². The number of rotatable bonds is 6. The third-order valence-electron chi connectivity index (χ3n) is 2.60. The van der Waals surface area contributed by atoms with Gasteiger partial charge in [0.2, 0.25) is 0 Å². The van der Waals surface area contributed by atoms with Gasteiger partial charge in [-0.25, -0.2) is 0 Å². The fourth-order valence-corrected chi connectivity index (χ4v) is 1.96. The van der Waals surface area contributed by atoms with E-state index >= 15 is 0 Å². The van der Waals surface area contributed by atoms with Crippen molar-refractivity contribution in [1.29, 1.82) is 0 Å². The van der Waals surface area contributed by atoms with Gasteiger partial charge in [-0.3, -0.25) is 0 Å². The summed E-state index contributed by atoms with van der Waals surface area (Å²) in [5.74, 6) is 0.972.